The highest BCUT2D eigenvalue weighted by molar-refractivity contribution is 6.30. The molecule has 0 saturated heterocycles. The molecule has 0 saturated carbocycles. The van der Waals surface area contributed by atoms with Gasteiger partial charge in [0.05, 0.1) is 23.4 Å². The van der Waals surface area contributed by atoms with E-state index in [4.69, 9.17) is 11.6 Å². The molecule has 4 nitrogen and oxygen atoms in total. The minimum atomic E-state index is -0.116. The number of aromatic nitrogens is 2. The Hall–Kier alpha value is -2.33. The van der Waals surface area contributed by atoms with Gasteiger partial charge in [-0.1, -0.05) is 23.7 Å². The van der Waals surface area contributed by atoms with E-state index in [0.717, 1.165) is 16.6 Å². The number of halogens is 1. The van der Waals surface area contributed by atoms with Gasteiger partial charge in [-0.05, 0) is 42.8 Å². The van der Waals surface area contributed by atoms with Crippen LogP contribution in [0.15, 0.2) is 48.8 Å². The van der Waals surface area contributed by atoms with Crippen LogP contribution < -0.4 is 5.32 Å². The molecule has 0 fully saturated rings. The third-order valence-corrected chi connectivity index (χ3v) is 3.96. The number of hydrogen-bond donors (Lipinski definition) is 1. The zero-order chi connectivity index (χ0) is 15.7. The van der Waals surface area contributed by atoms with Crippen LogP contribution in [-0.2, 0) is 7.05 Å². The van der Waals surface area contributed by atoms with E-state index in [1.54, 1.807) is 12.4 Å². The number of rotatable bonds is 3. The van der Waals surface area contributed by atoms with Crippen molar-refractivity contribution in [3.8, 4) is 0 Å². The minimum absolute atomic E-state index is 0.0933. The molecule has 3 rings (SSSR count). The lowest BCUT2D eigenvalue weighted by Crippen LogP contribution is -2.26. The first-order valence-electron chi connectivity index (χ1n) is 7.02. The van der Waals surface area contributed by atoms with Gasteiger partial charge in [-0.3, -0.25) is 4.79 Å². The number of hydrogen-bond acceptors (Lipinski definition) is 2. The fourth-order valence-electron chi connectivity index (χ4n) is 2.39. The summed E-state index contributed by atoms with van der Waals surface area (Å²) in [6.07, 6.45) is 1.74. The Morgan fingerprint density at radius 3 is 2.68 bits per heavy atom. The molecule has 0 unspecified atom stereocenters. The Morgan fingerprint density at radius 2 is 1.95 bits per heavy atom. The summed E-state index contributed by atoms with van der Waals surface area (Å²) in [5.74, 6) is -0.116. The Kier molecular flexibility index (Phi) is 3.86. The van der Waals surface area contributed by atoms with Crippen molar-refractivity contribution in [2.24, 2.45) is 7.05 Å². The summed E-state index contributed by atoms with van der Waals surface area (Å²) in [6.45, 7) is 1.94. The van der Waals surface area contributed by atoms with Crippen molar-refractivity contribution in [2.75, 3.05) is 0 Å². The molecule has 3 aromatic rings. The molecule has 0 radical (unpaired) electrons. The van der Waals surface area contributed by atoms with Crippen molar-refractivity contribution in [3.63, 3.8) is 0 Å². The number of imidazole rings is 1. The lowest BCUT2D eigenvalue weighted by molar-refractivity contribution is 0.0940. The van der Waals surface area contributed by atoms with E-state index in [9.17, 15) is 4.79 Å². The lowest BCUT2D eigenvalue weighted by atomic mass is 10.1. The number of aryl methyl sites for hydroxylation is 1. The normalized spacial score (nSPS) is 12.3. The van der Waals surface area contributed by atoms with Crippen LogP contribution in [0.25, 0.3) is 11.0 Å². The molecule has 1 heterocycles. The largest absolute Gasteiger partial charge is 0.346 e. The van der Waals surface area contributed by atoms with Gasteiger partial charge in [0.15, 0.2) is 0 Å². The predicted octanol–water partition coefficient (Wildman–Crippen LogP) is 3.72. The van der Waals surface area contributed by atoms with Crippen LogP contribution in [0.4, 0.5) is 0 Å². The molecule has 1 atom stereocenters. The Bertz CT molecular complexity index is 824. The van der Waals surface area contributed by atoms with E-state index < -0.39 is 0 Å². The Morgan fingerprint density at radius 1 is 1.23 bits per heavy atom. The van der Waals surface area contributed by atoms with Crippen LogP contribution in [-0.4, -0.2) is 15.5 Å². The van der Waals surface area contributed by atoms with Crippen molar-refractivity contribution in [1.29, 1.82) is 0 Å². The summed E-state index contributed by atoms with van der Waals surface area (Å²) >= 11 is 5.88. The van der Waals surface area contributed by atoms with E-state index >= 15 is 0 Å². The molecule has 0 spiro atoms. The molecule has 1 amide bonds. The van der Waals surface area contributed by atoms with Gasteiger partial charge in [-0.25, -0.2) is 4.98 Å². The van der Waals surface area contributed by atoms with E-state index in [1.165, 1.54) is 0 Å². The zero-order valence-corrected chi connectivity index (χ0v) is 13.1. The number of nitrogens with zero attached hydrogens (tertiary/aromatic N) is 2. The topological polar surface area (TPSA) is 46.9 Å². The lowest BCUT2D eigenvalue weighted by Gasteiger charge is -2.14. The van der Waals surface area contributed by atoms with Crippen LogP contribution >= 0.6 is 11.6 Å². The van der Waals surface area contributed by atoms with Crippen LogP contribution in [0.3, 0.4) is 0 Å². The summed E-state index contributed by atoms with van der Waals surface area (Å²) in [6, 6.07) is 12.9. The van der Waals surface area contributed by atoms with Gasteiger partial charge in [-0.15, -0.1) is 0 Å². The first kappa shape index (κ1) is 14.6. The summed E-state index contributed by atoms with van der Waals surface area (Å²) in [5, 5.41) is 3.67. The first-order chi connectivity index (χ1) is 10.5. The smallest absolute Gasteiger partial charge is 0.251 e. The van der Waals surface area contributed by atoms with Gasteiger partial charge in [-0.2, -0.15) is 0 Å². The van der Waals surface area contributed by atoms with E-state index in [-0.39, 0.29) is 11.9 Å². The highest BCUT2D eigenvalue weighted by Crippen LogP contribution is 2.18. The minimum Gasteiger partial charge on any atom is -0.346 e. The fraction of sp³-hybridized carbons (Fsp3) is 0.176. The maximum absolute atomic E-state index is 12.4. The second-order valence-electron chi connectivity index (χ2n) is 5.31. The third kappa shape index (κ3) is 2.83. The molecule has 5 heteroatoms. The van der Waals surface area contributed by atoms with Gasteiger partial charge in [0, 0.05) is 17.6 Å². The second-order valence-corrected chi connectivity index (χ2v) is 5.74. The van der Waals surface area contributed by atoms with Crippen LogP contribution in [0, 0.1) is 0 Å². The van der Waals surface area contributed by atoms with Crippen molar-refractivity contribution in [3.05, 3.63) is 64.9 Å². The monoisotopic (exact) mass is 313 g/mol. The molecule has 22 heavy (non-hydrogen) atoms. The van der Waals surface area contributed by atoms with Crippen LogP contribution in [0.2, 0.25) is 5.02 Å². The predicted molar refractivity (Wildman–Crippen MR) is 88.0 cm³/mol. The van der Waals surface area contributed by atoms with Crippen LogP contribution in [0.1, 0.15) is 28.9 Å². The molecule has 2 aromatic carbocycles. The van der Waals surface area contributed by atoms with Gasteiger partial charge in [0.25, 0.3) is 5.91 Å². The standard InChI is InChI=1S/C17H16ClN3O/c1-11(12-3-6-14(18)7-4-12)20-17(22)13-5-8-16-15(9-13)19-10-21(16)2/h3-11H,1-2H3,(H,20,22)/t11-/m0/s1. The van der Waals surface area contributed by atoms with E-state index in [1.807, 2.05) is 54.9 Å². The number of amides is 1. The van der Waals surface area contributed by atoms with Gasteiger partial charge >= 0.3 is 0 Å². The number of fused-ring (bicyclic) bond motifs is 1. The van der Waals surface area contributed by atoms with E-state index in [0.29, 0.717) is 10.6 Å². The molecule has 1 aromatic heterocycles. The summed E-state index contributed by atoms with van der Waals surface area (Å²) in [5.41, 5.74) is 3.43. The molecule has 0 aliphatic carbocycles. The molecule has 0 aliphatic rings. The van der Waals surface area contributed by atoms with Crippen molar-refractivity contribution >= 4 is 28.5 Å². The number of carbonyl (C=O) groups is 1. The highest BCUT2D eigenvalue weighted by atomic mass is 35.5. The van der Waals surface area contributed by atoms with Gasteiger partial charge in [0.2, 0.25) is 0 Å². The molecule has 0 bridgehead atoms. The summed E-state index contributed by atoms with van der Waals surface area (Å²) < 4.78 is 1.92. The Balaban J connectivity index is 1.78. The van der Waals surface area contributed by atoms with Gasteiger partial charge < -0.3 is 9.88 Å². The van der Waals surface area contributed by atoms with Crippen molar-refractivity contribution in [1.82, 2.24) is 14.9 Å². The fourth-order valence-corrected chi connectivity index (χ4v) is 2.52. The van der Waals surface area contributed by atoms with E-state index in [2.05, 4.69) is 10.3 Å². The zero-order valence-electron chi connectivity index (χ0n) is 12.4. The van der Waals surface area contributed by atoms with Gasteiger partial charge in [0.1, 0.15) is 0 Å². The SMILES string of the molecule is C[C@H](NC(=O)c1ccc2c(c1)ncn2C)c1ccc(Cl)cc1. The molecule has 1 N–H and O–H groups in total. The maximum Gasteiger partial charge on any atom is 0.251 e. The molecule has 0 aliphatic heterocycles. The second kappa shape index (κ2) is 5.81. The Labute approximate surface area is 133 Å². The maximum atomic E-state index is 12.4. The average molecular weight is 314 g/mol. The number of carbonyl (C=O) groups excluding carboxylic acids is 1. The first-order valence-corrected chi connectivity index (χ1v) is 7.40. The molecular weight excluding hydrogens is 298 g/mol. The summed E-state index contributed by atoms with van der Waals surface area (Å²) in [7, 11) is 1.93. The highest BCUT2D eigenvalue weighted by Gasteiger charge is 2.12. The number of benzene rings is 2. The average Bonchev–Trinajstić information content (AvgIpc) is 2.88. The third-order valence-electron chi connectivity index (χ3n) is 3.71. The molecule has 112 valence electrons. The number of nitrogens with one attached hydrogen (secondary N) is 1. The molecular formula is C17H16ClN3O. The van der Waals surface area contributed by atoms with Crippen molar-refractivity contribution in [2.45, 2.75) is 13.0 Å². The summed E-state index contributed by atoms with van der Waals surface area (Å²) in [4.78, 5) is 16.7. The van der Waals surface area contributed by atoms with Crippen molar-refractivity contribution < 1.29 is 4.79 Å². The quantitative estimate of drug-likeness (QED) is 0.801. The van der Waals surface area contributed by atoms with Crippen LogP contribution in [0.5, 0.6) is 0 Å².